The number of aliphatic carboxylic acids is 1. The maximum Gasteiger partial charge on any atom is 0.416 e. The zero-order valence-corrected chi connectivity index (χ0v) is 20.6. The summed E-state index contributed by atoms with van der Waals surface area (Å²) in [5.74, 6) is -1.28. The highest BCUT2D eigenvalue weighted by atomic mass is 19.4. The van der Waals surface area contributed by atoms with Crippen LogP contribution >= 0.6 is 0 Å². The van der Waals surface area contributed by atoms with Gasteiger partial charge < -0.3 is 15.7 Å². The summed E-state index contributed by atoms with van der Waals surface area (Å²) in [6.45, 7) is 2.21. The third-order valence-corrected chi connectivity index (χ3v) is 6.03. The van der Waals surface area contributed by atoms with Crippen molar-refractivity contribution in [2.45, 2.75) is 51.2 Å². The fourth-order valence-electron chi connectivity index (χ4n) is 3.98. The van der Waals surface area contributed by atoms with E-state index in [2.05, 4.69) is 17.6 Å². The molecule has 0 saturated heterocycles. The lowest BCUT2D eigenvalue weighted by Gasteiger charge is -2.20. The van der Waals surface area contributed by atoms with Gasteiger partial charge in [-0.15, -0.1) is 0 Å². The van der Waals surface area contributed by atoms with Gasteiger partial charge in [-0.1, -0.05) is 56.2 Å². The topological polar surface area (TPSA) is 78.4 Å². The summed E-state index contributed by atoms with van der Waals surface area (Å²) in [5, 5.41) is 14.8. The van der Waals surface area contributed by atoms with Crippen LogP contribution in [0.3, 0.4) is 0 Å². The molecule has 0 aliphatic carbocycles. The Kier molecular flexibility index (Phi) is 9.71. The predicted octanol–water partition coefficient (Wildman–Crippen LogP) is 6.79. The van der Waals surface area contributed by atoms with Crippen molar-refractivity contribution < 1.29 is 27.9 Å². The highest BCUT2D eigenvalue weighted by Gasteiger charge is 2.29. The van der Waals surface area contributed by atoms with Crippen molar-refractivity contribution in [2.75, 3.05) is 11.9 Å². The first-order valence-corrected chi connectivity index (χ1v) is 12.3. The van der Waals surface area contributed by atoms with Gasteiger partial charge in [0, 0.05) is 23.8 Å². The van der Waals surface area contributed by atoms with Gasteiger partial charge in [0.2, 0.25) is 0 Å². The summed E-state index contributed by atoms with van der Waals surface area (Å²) < 4.78 is 38.5. The number of halogens is 3. The summed E-state index contributed by atoms with van der Waals surface area (Å²) in [4.78, 5) is 22.8. The number of rotatable bonds is 12. The van der Waals surface area contributed by atoms with Crippen LogP contribution in [-0.4, -0.2) is 29.6 Å². The molecule has 0 aliphatic rings. The Labute approximate surface area is 214 Å². The molecule has 1 amide bonds. The fourth-order valence-corrected chi connectivity index (χ4v) is 3.98. The van der Waals surface area contributed by atoms with Crippen LogP contribution in [0.4, 0.5) is 18.9 Å². The number of carbonyl (C=O) groups is 2. The zero-order chi connectivity index (χ0) is 26.8. The Morgan fingerprint density at radius 2 is 1.49 bits per heavy atom. The van der Waals surface area contributed by atoms with Crippen LogP contribution in [0.15, 0.2) is 72.8 Å². The number of carboxylic acid groups (broad SMARTS) is 1. The van der Waals surface area contributed by atoms with Gasteiger partial charge in [-0.3, -0.25) is 9.59 Å². The number of nitrogens with one attached hydrogen (secondary N) is 2. The standard InChI is InChI=1S/C29H31F3N2O3/c1-2-3-4-26(34-25-15-11-23(12-16-25)28(37)33-18-17-27(35)36)19-20-5-7-21(8-6-20)22-9-13-24(14-10-22)29(30,31)32/h5-16,26,34H,2-4,17-19H2,1H3,(H,33,37)(H,35,36)/t26-/m1/s1. The minimum Gasteiger partial charge on any atom is -0.481 e. The summed E-state index contributed by atoms with van der Waals surface area (Å²) >= 11 is 0. The Balaban J connectivity index is 1.62. The van der Waals surface area contributed by atoms with E-state index in [1.54, 1.807) is 12.1 Å². The molecule has 3 aromatic carbocycles. The molecule has 0 aliphatic heterocycles. The number of hydrogen-bond acceptors (Lipinski definition) is 3. The molecular weight excluding hydrogens is 481 g/mol. The van der Waals surface area contributed by atoms with Gasteiger partial charge in [0.25, 0.3) is 5.91 Å². The molecule has 0 saturated carbocycles. The predicted molar refractivity (Wildman–Crippen MR) is 139 cm³/mol. The van der Waals surface area contributed by atoms with E-state index in [-0.39, 0.29) is 24.9 Å². The van der Waals surface area contributed by atoms with E-state index in [1.807, 2.05) is 36.4 Å². The van der Waals surface area contributed by atoms with Crippen molar-refractivity contribution in [2.24, 2.45) is 0 Å². The monoisotopic (exact) mass is 512 g/mol. The van der Waals surface area contributed by atoms with Gasteiger partial charge in [0.1, 0.15) is 0 Å². The molecule has 0 spiro atoms. The van der Waals surface area contributed by atoms with Gasteiger partial charge >= 0.3 is 12.1 Å². The first kappa shape index (κ1) is 27.8. The Hall–Kier alpha value is -3.81. The molecular formula is C29H31F3N2O3. The Morgan fingerprint density at radius 3 is 2.03 bits per heavy atom. The zero-order valence-electron chi connectivity index (χ0n) is 20.6. The number of hydrogen-bond donors (Lipinski definition) is 3. The minimum atomic E-state index is -4.35. The molecule has 0 heterocycles. The smallest absolute Gasteiger partial charge is 0.416 e. The van der Waals surface area contributed by atoms with E-state index in [4.69, 9.17) is 5.11 Å². The fraction of sp³-hybridized carbons (Fsp3) is 0.310. The first-order chi connectivity index (χ1) is 17.7. The number of anilines is 1. The maximum absolute atomic E-state index is 12.8. The number of benzene rings is 3. The van der Waals surface area contributed by atoms with Crippen LogP contribution in [0.2, 0.25) is 0 Å². The van der Waals surface area contributed by atoms with Gasteiger partial charge in [-0.25, -0.2) is 0 Å². The molecule has 0 aromatic heterocycles. The molecule has 3 N–H and O–H groups in total. The number of alkyl halides is 3. The van der Waals surface area contributed by atoms with E-state index >= 15 is 0 Å². The number of unbranched alkanes of at least 4 members (excludes halogenated alkanes) is 1. The van der Waals surface area contributed by atoms with Gasteiger partial charge in [0.05, 0.1) is 12.0 Å². The molecule has 0 fully saturated rings. The minimum absolute atomic E-state index is 0.0743. The van der Waals surface area contributed by atoms with Crippen LogP contribution in [0.25, 0.3) is 11.1 Å². The number of carbonyl (C=O) groups excluding carboxylic acids is 1. The van der Waals surface area contributed by atoms with Crippen LogP contribution in [0.1, 0.15) is 54.1 Å². The van der Waals surface area contributed by atoms with Gasteiger partial charge in [0.15, 0.2) is 0 Å². The third-order valence-electron chi connectivity index (χ3n) is 6.03. The second-order valence-corrected chi connectivity index (χ2v) is 8.94. The molecule has 0 radical (unpaired) electrons. The quantitative estimate of drug-likeness (QED) is 0.250. The molecule has 3 rings (SSSR count). The van der Waals surface area contributed by atoms with Crippen LogP contribution in [0, 0.1) is 0 Å². The second-order valence-electron chi connectivity index (χ2n) is 8.94. The van der Waals surface area contributed by atoms with E-state index in [0.29, 0.717) is 5.56 Å². The van der Waals surface area contributed by atoms with Crippen molar-refractivity contribution in [3.63, 3.8) is 0 Å². The van der Waals surface area contributed by atoms with Gasteiger partial charge in [-0.2, -0.15) is 13.2 Å². The maximum atomic E-state index is 12.8. The van der Waals surface area contributed by atoms with E-state index in [9.17, 15) is 22.8 Å². The highest BCUT2D eigenvalue weighted by Crippen LogP contribution is 2.31. The van der Waals surface area contributed by atoms with Crippen molar-refractivity contribution in [1.82, 2.24) is 5.32 Å². The first-order valence-electron chi connectivity index (χ1n) is 12.3. The number of carboxylic acids is 1. The lowest BCUT2D eigenvalue weighted by atomic mass is 9.97. The average Bonchev–Trinajstić information content (AvgIpc) is 2.87. The van der Waals surface area contributed by atoms with Crippen LogP contribution in [0.5, 0.6) is 0 Å². The van der Waals surface area contributed by atoms with E-state index < -0.39 is 17.7 Å². The lowest BCUT2D eigenvalue weighted by molar-refractivity contribution is -0.138. The van der Waals surface area contributed by atoms with Crippen molar-refractivity contribution >= 4 is 17.6 Å². The molecule has 1 atom stereocenters. The molecule has 0 unspecified atom stereocenters. The third kappa shape index (κ3) is 8.66. The summed E-state index contributed by atoms with van der Waals surface area (Å²) in [6, 6.07) is 20.2. The SMILES string of the molecule is CCCC[C@H](Cc1ccc(-c2ccc(C(F)(F)F)cc2)cc1)Nc1ccc(C(=O)NCCC(=O)O)cc1. The molecule has 196 valence electrons. The summed E-state index contributed by atoms with van der Waals surface area (Å²) in [5.41, 5.74) is 3.37. The van der Waals surface area contributed by atoms with Gasteiger partial charge in [-0.05, 0) is 65.9 Å². The lowest BCUT2D eigenvalue weighted by Crippen LogP contribution is -2.26. The molecule has 5 nitrogen and oxygen atoms in total. The van der Waals surface area contributed by atoms with Crippen molar-refractivity contribution in [1.29, 1.82) is 0 Å². The van der Waals surface area contributed by atoms with E-state index in [0.717, 1.165) is 60.2 Å². The normalized spacial score (nSPS) is 12.1. The second kappa shape index (κ2) is 12.9. The largest absolute Gasteiger partial charge is 0.481 e. The van der Waals surface area contributed by atoms with Crippen LogP contribution in [-0.2, 0) is 17.4 Å². The van der Waals surface area contributed by atoms with Crippen molar-refractivity contribution in [3.8, 4) is 11.1 Å². The van der Waals surface area contributed by atoms with Crippen LogP contribution < -0.4 is 10.6 Å². The van der Waals surface area contributed by atoms with E-state index in [1.165, 1.54) is 12.1 Å². The highest BCUT2D eigenvalue weighted by molar-refractivity contribution is 5.94. The summed E-state index contributed by atoms with van der Waals surface area (Å²) in [6.07, 6.45) is -0.654. The summed E-state index contributed by atoms with van der Waals surface area (Å²) in [7, 11) is 0. The molecule has 37 heavy (non-hydrogen) atoms. The molecule has 8 heteroatoms. The molecule has 0 bridgehead atoms. The average molecular weight is 513 g/mol. The Morgan fingerprint density at radius 1 is 0.892 bits per heavy atom. The number of amides is 1. The molecule has 3 aromatic rings. The van der Waals surface area contributed by atoms with Crippen molar-refractivity contribution in [3.05, 3.63) is 89.5 Å². The Bertz CT molecular complexity index is 1160.